The third kappa shape index (κ3) is 4.04. The van der Waals surface area contributed by atoms with E-state index in [4.69, 9.17) is 4.74 Å². The lowest BCUT2D eigenvalue weighted by molar-refractivity contribution is -0.131. The molecule has 1 aromatic heterocycles. The van der Waals surface area contributed by atoms with Gasteiger partial charge in [-0.15, -0.1) is 0 Å². The van der Waals surface area contributed by atoms with Crippen LogP contribution in [0.3, 0.4) is 0 Å². The second-order valence-corrected chi connectivity index (χ2v) is 8.46. The highest BCUT2D eigenvalue weighted by Gasteiger charge is 2.33. The fraction of sp³-hybridized carbons (Fsp3) is 0.609. The minimum absolute atomic E-state index is 0.253. The summed E-state index contributed by atoms with van der Waals surface area (Å²) in [6, 6.07) is 8.87. The van der Waals surface area contributed by atoms with E-state index in [9.17, 15) is 4.79 Å². The third-order valence-electron chi connectivity index (χ3n) is 6.71. The van der Waals surface area contributed by atoms with Gasteiger partial charge in [-0.2, -0.15) is 0 Å². The maximum Gasteiger partial charge on any atom is 0.224 e. The first-order valence-corrected chi connectivity index (χ1v) is 10.8. The Morgan fingerprint density at radius 1 is 1.18 bits per heavy atom. The lowest BCUT2D eigenvalue weighted by Crippen LogP contribution is -2.51. The van der Waals surface area contributed by atoms with E-state index < -0.39 is 0 Å². The van der Waals surface area contributed by atoms with E-state index in [1.165, 1.54) is 45.2 Å². The van der Waals surface area contributed by atoms with Crippen LogP contribution in [0.2, 0.25) is 0 Å². The molecule has 0 bridgehead atoms. The molecule has 0 saturated carbocycles. The van der Waals surface area contributed by atoms with Crippen LogP contribution in [0.25, 0.3) is 10.9 Å². The van der Waals surface area contributed by atoms with E-state index in [1.54, 1.807) is 7.11 Å². The number of benzene rings is 1. The Labute approximate surface area is 168 Å². The summed E-state index contributed by atoms with van der Waals surface area (Å²) in [5.74, 6) is 1.76. The molecule has 2 fully saturated rings. The zero-order chi connectivity index (χ0) is 19.5. The monoisotopic (exact) mass is 383 g/mol. The molecule has 0 aliphatic carbocycles. The maximum absolute atomic E-state index is 12.8. The number of ether oxygens (including phenoxy) is 1. The molecule has 1 aromatic carbocycles. The molecule has 2 aromatic rings. The highest BCUT2D eigenvalue weighted by molar-refractivity contribution is 5.82. The van der Waals surface area contributed by atoms with Crippen molar-refractivity contribution in [2.75, 3.05) is 33.8 Å². The number of hydrogen-bond acceptors (Lipinski definition) is 3. The van der Waals surface area contributed by atoms with Crippen molar-refractivity contribution in [1.29, 1.82) is 0 Å². The van der Waals surface area contributed by atoms with Crippen molar-refractivity contribution in [1.82, 2.24) is 14.4 Å². The normalized spacial score (nSPS) is 22.8. The number of fused-ring (bicyclic) bond motifs is 2. The van der Waals surface area contributed by atoms with Crippen LogP contribution in [0.5, 0.6) is 5.75 Å². The summed E-state index contributed by atoms with van der Waals surface area (Å²) in [6.07, 6.45) is 9.16. The van der Waals surface area contributed by atoms with Gasteiger partial charge in [0.15, 0.2) is 0 Å². The van der Waals surface area contributed by atoms with E-state index in [-0.39, 0.29) is 5.91 Å². The number of piperidine rings is 2. The lowest BCUT2D eigenvalue weighted by Gasteiger charge is -2.45. The lowest BCUT2D eigenvalue weighted by atomic mass is 9.83. The fourth-order valence-corrected chi connectivity index (χ4v) is 5.15. The Morgan fingerprint density at radius 2 is 2.04 bits per heavy atom. The van der Waals surface area contributed by atoms with Gasteiger partial charge in [0.25, 0.3) is 0 Å². The Balaban J connectivity index is 1.33. The number of aryl methyl sites for hydroxylation is 1. The van der Waals surface area contributed by atoms with Crippen molar-refractivity contribution in [2.24, 2.45) is 5.92 Å². The molecule has 0 unspecified atom stereocenters. The van der Waals surface area contributed by atoms with Gasteiger partial charge in [-0.3, -0.25) is 4.79 Å². The molecule has 2 aliphatic rings. The number of carbonyl (C=O) groups is 1. The molecule has 1 amide bonds. The van der Waals surface area contributed by atoms with Crippen LogP contribution in [0, 0.1) is 5.92 Å². The molecule has 2 aliphatic heterocycles. The molecule has 28 heavy (non-hydrogen) atoms. The molecule has 0 spiro atoms. The predicted octanol–water partition coefficient (Wildman–Crippen LogP) is 3.76. The van der Waals surface area contributed by atoms with Crippen molar-refractivity contribution in [3.05, 3.63) is 30.5 Å². The Morgan fingerprint density at radius 3 is 2.89 bits per heavy atom. The minimum atomic E-state index is 0.253. The largest absolute Gasteiger partial charge is 0.497 e. The average Bonchev–Trinajstić information content (AvgIpc) is 3.14. The van der Waals surface area contributed by atoms with E-state index in [2.05, 4.69) is 27.8 Å². The van der Waals surface area contributed by atoms with Gasteiger partial charge in [-0.1, -0.05) is 6.42 Å². The van der Waals surface area contributed by atoms with E-state index in [0.717, 1.165) is 29.7 Å². The Hall–Kier alpha value is -2.01. The van der Waals surface area contributed by atoms with Gasteiger partial charge >= 0.3 is 0 Å². The maximum atomic E-state index is 12.8. The van der Waals surface area contributed by atoms with Gasteiger partial charge < -0.3 is 19.1 Å². The minimum Gasteiger partial charge on any atom is -0.497 e. The summed E-state index contributed by atoms with van der Waals surface area (Å²) in [7, 11) is 3.67. The van der Waals surface area contributed by atoms with Crippen LogP contribution < -0.4 is 4.74 Å². The highest BCUT2D eigenvalue weighted by atomic mass is 16.5. The molecule has 2 saturated heterocycles. The number of hydrogen-bond donors (Lipinski definition) is 0. The Bertz CT molecular complexity index is 813. The number of nitrogens with zero attached hydrogens (tertiary/aromatic N) is 3. The Kier molecular flexibility index (Phi) is 5.90. The third-order valence-corrected chi connectivity index (χ3v) is 6.71. The second-order valence-electron chi connectivity index (χ2n) is 8.46. The molecule has 4 rings (SSSR count). The average molecular weight is 384 g/mol. The van der Waals surface area contributed by atoms with Crippen LogP contribution in [0.15, 0.2) is 30.5 Å². The van der Waals surface area contributed by atoms with Crippen molar-refractivity contribution in [2.45, 2.75) is 51.1 Å². The standard InChI is InChI=1S/C23H33N3O2/c1-24(17-19-6-5-13-25-12-4-3-7-21(19)25)23(27)11-15-26-14-10-18-16-20(28-2)8-9-22(18)26/h8-10,14,16,19,21H,3-7,11-13,15,17H2,1-2H3/t19-,21+/m0/s1. The first kappa shape index (κ1) is 19.3. The quantitative estimate of drug-likeness (QED) is 0.762. The molecule has 2 atom stereocenters. The number of amides is 1. The highest BCUT2D eigenvalue weighted by Crippen LogP contribution is 2.31. The first-order chi connectivity index (χ1) is 13.7. The summed E-state index contributed by atoms with van der Waals surface area (Å²) in [6.45, 7) is 4.14. The molecule has 3 heterocycles. The molecule has 5 heteroatoms. The molecule has 0 radical (unpaired) electrons. The van der Waals surface area contributed by atoms with Gasteiger partial charge in [0.1, 0.15) is 5.75 Å². The molecule has 0 N–H and O–H groups in total. The van der Waals surface area contributed by atoms with Crippen LogP contribution in [-0.4, -0.2) is 60.1 Å². The molecular weight excluding hydrogens is 350 g/mol. The van der Waals surface area contributed by atoms with Gasteiger partial charge in [-0.05, 0) is 69.0 Å². The summed E-state index contributed by atoms with van der Waals surface area (Å²) in [5.41, 5.74) is 1.15. The van der Waals surface area contributed by atoms with Gasteiger partial charge in [0.2, 0.25) is 5.91 Å². The smallest absolute Gasteiger partial charge is 0.224 e. The van der Waals surface area contributed by atoms with Gasteiger partial charge in [-0.25, -0.2) is 0 Å². The summed E-state index contributed by atoms with van der Waals surface area (Å²) >= 11 is 0. The zero-order valence-electron chi connectivity index (χ0n) is 17.3. The van der Waals surface area contributed by atoms with E-state index in [0.29, 0.717) is 18.4 Å². The van der Waals surface area contributed by atoms with Crippen LogP contribution in [-0.2, 0) is 11.3 Å². The van der Waals surface area contributed by atoms with Crippen LogP contribution in [0.1, 0.15) is 38.5 Å². The number of methoxy groups -OCH3 is 1. The van der Waals surface area contributed by atoms with Crippen LogP contribution >= 0.6 is 0 Å². The molecule has 152 valence electrons. The molecular formula is C23H33N3O2. The van der Waals surface area contributed by atoms with Crippen molar-refractivity contribution in [3.8, 4) is 5.75 Å². The zero-order valence-corrected chi connectivity index (χ0v) is 17.3. The summed E-state index contributed by atoms with van der Waals surface area (Å²) in [5, 5.41) is 1.15. The number of carbonyl (C=O) groups excluding carboxylic acids is 1. The number of aromatic nitrogens is 1. The topological polar surface area (TPSA) is 37.7 Å². The predicted molar refractivity (Wildman–Crippen MR) is 113 cm³/mol. The summed E-state index contributed by atoms with van der Waals surface area (Å²) < 4.78 is 7.47. The van der Waals surface area contributed by atoms with E-state index >= 15 is 0 Å². The molecule has 5 nitrogen and oxygen atoms in total. The number of rotatable bonds is 6. The first-order valence-electron chi connectivity index (χ1n) is 10.8. The van der Waals surface area contributed by atoms with Crippen molar-refractivity contribution in [3.63, 3.8) is 0 Å². The SMILES string of the molecule is COc1ccc2c(ccn2CCC(=O)N(C)C[C@@H]2CCCN3CCCC[C@H]23)c1. The fourth-order valence-electron chi connectivity index (χ4n) is 5.15. The van der Waals surface area contributed by atoms with Crippen molar-refractivity contribution < 1.29 is 9.53 Å². The van der Waals surface area contributed by atoms with E-state index in [1.807, 2.05) is 24.1 Å². The summed E-state index contributed by atoms with van der Waals surface area (Å²) in [4.78, 5) is 17.4. The van der Waals surface area contributed by atoms with Crippen LogP contribution in [0.4, 0.5) is 0 Å². The van der Waals surface area contributed by atoms with Crippen molar-refractivity contribution >= 4 is 16.8 Å². The second kappa shape index (κ2) is 8.56. The van der Waals surface area contributed by atoms with Gasteiger partial charge in [0.05, 0.1) is 7.11 Å². The van der Waals surface area contributed by atoms with Gasteiger partial charge in [0, 0.05) is 49.7 Å².